The third-order valence-electron chi connectivity index (χ3n) is 4.09. The van der Waals surface area contributed by atoms with Crippen LogP contribution in [0.5, 0.6) is 0 Å². The Morgan fingerprint density at radius 3 is 2.44 bits per heavy atom. The number of hydrogen-bond donors (Lipinski definition) is 1. The molecule has 0 aromatic rings. The molecule has 0 saturated carbocycles. The average molecular weight is 380 g/mol. The lowest BCUT2D eigenvalue weighted by Crippen LogP contribution is -2.43. The molecule has 1 N–H and O–H groups in total. The zero-order valence-electron chi connectivity index (χ0n) is 16.0. The Morgan fingerprint density at radius 1 is 1.22 bits per heavy atom. The first-order chi connectivity index (χ1) is 12.8. The highest BCUT2D eigenvalue weighted by atomic mass is 19.1. The lowest BCUT2D eigenvalue weighted by Gasteiger charge is -2.30. The van der Waals surface area contributed by atoms with Gasteiger partial charge in [0, 0.05) is 31.6 Å². The molecule has 0 spiro atoms. The number of rotatable bonds is 11. The summed E-state index contributed by atoms with van der Waals surface area (Å²) >= 11 is 0. The summed E-state index contributed by atoms with van der Waals surface area (Å²) in [6.45, 7) is 14.5. The third kappa shape index (κ3) is 8.68. The molecule has 150 valence electrons. The minimum absolute atomic E-state index is 0.0190. The van der Waals surface area contributed by atoms with E-state index >= 15 is 0 Å². The number of carbonyl (C=O) groups excluding carboxylic acids is 2. The quantitative estimate of drug-likeness (QED) is 0.259. The zero-order valence-corrected chi connectivity index (χ0v) is 16.0. The van der Waals surface area contributed by atoms with Crippen LogP contribution in [0.25, 0.3) is 0 Å². The van der Waals surface area contributed by atoms with Crippen LogP contribution in [0.3, 0.4) is 0 Å². The monoisotopic (exact) mass is 380 g/mol. The maximum Gasteiger partial charge on any atom is 0.245 e. The molecule has 1 rings (SSSR count). The predicted molar refractivity (Wildman–Crippen MR) is 102 cm³/mol. The fraction of sp³-hybridized carbons (Fsp3) is 0.500. The van der Waals surface area contributed by atoms with E-state index in [2.05, 4.69) is 25.1 Å². The van der Waals surface area contributed by atoms with Crippen molar-refractivity contribution in [2.24, 2.45) is 5.92 Å². The molecule has 0 unspecified atom stereocenters. The molecule has 27 heavy (non-hydrogen) atoms. The van der Waals surface area contributed by atoms with Gasteiger partial charge >= 0.3 is 0 Å². The van der Waals surface area contributed by atoms with Crippen molar-refractivity contribution in [3.05, 3.63) is 49.0 Å². The first-order valence-electron chi connectivity index (χ1n) is 8.96. The van der Waals surface area contributed by atoms with Gasteiger partial charge in [-0.25, -0.2) is 4.39 Å². The fourth-order valence-corrected chi connectivity index (χ4v) is 2.62. The van der Waals surface area contributed by atoms with Gasteiger partial charge in [0.25, 0.3) is 0 Å². The van der Waals surface area contributed by atoms with Crippen molar-refractivity contribution in [3.8, 4) is 0 Å². The number of ether oxygens (including phenoxy) is 2. The van der Waals surface area contributed by atoms with Gasteiger partial charge in [0.1, 0.15) is 18.2 Å². The number of nitrogens with zero attached hydrogens (tertiary/aromatic N) is 1. The molecule has 0 atom stereocenters. The summed E-state index contributed by atoms with van der Waals surface area (Å²) in [6.07, 6.45) is 3.77. The first kappa shape index (κ1) is 22.6. The summed E-state index contributed by atoms with van der Waals surface area (Å²) in [6, 6.07) is 0. The highest BCUT2D eigenvalue weighted by Crippen LogP contribution is 2.17. The van der Waals surface area contributed by atoms with E-state index < -0.39 is 5.83 Å². The minimum atomic E-state index is -0.601. The van der Waals surface area contributed by atoms with E-state index in [4.69, 9.17) is 9.47 Å². The molecule has 0 aliphatic carbocycles. The number of nitrogens with one attached hydrogen (secondary N) is 1. The Bertz CT molecular complexity index is 593. The van der Waals surface area contributed by atoms with Crippen molar-refractivity contribution in [2.75, 3.05) is 39.5 Å². The average Bonchev–Trinajstić information content (AvgIpc) is 2.65. The molecule has 0 bridgehead atoms. The van der Waals surface area contributed by atoms with E-state index in [0.717, 1.165) is 0 Å². The van der Waals surface area contributed by atoms with E-state index in [-0.39, 0.29) is 24.3 Å². The highest BCUT2D eigenvalue weighted by Gasteiger charge is 2.26. The summed E-state index contributed by atoms with van der Waals surface area (Å²) in [5, 5.41) is 2.84. The van der Waals surface area contributed by atoms with Crippen molar-refractivity contribution in [3.63, 3.8) is 0 Å². The number of allylic oxidation sites excluding steroid dienone is 3. The van der Waals surface area contributed by atoms with Crippen molar-refractivity contribution in [1.82, 2.24) is 10.2 Å². The number of carbonyl (C=O) groups is 2. The zero-order chi connectivity index (χ0) is 20.2. The van der Waals surface area contributed by atoms with E-state index in [0.29, 0.717) is 57.0 Å². The summed E-state index contributed by atoms with van der Waals surface area (Å²) in [5.41, 5.74) is 0.599. The molecule has 7 heteroatoms. The summed E-state index contributed by atoms with van der Waals surface area (Å²) in [5.74, 6) is -0.462. The van der Waals surface area contributed by atoms with Crippen LogP contribution in [-0.4, -0.2) is 56.2 Å². The number of likely N-dealkylation sites (tertiary alicyclic amines) is 1. The second-order valence-electron chi connectivity index (χ2n) is 6.29. The first-order valence-corrected chi connectivity index (χ1v) is 8.96. The van der Waals surface area contributed by atoms with E-state index in [1.54, 1.807) is 11.8 Å². The van der Waals surface area contributed by atoms with Crippen molar-refractivity contribution < 1.29 is 23.5 Å². The van der Waals surface area contributed by atoms with Crippen LogP contribution in [0.1, 0.15) is 19.8 Å². The molecular weight excluding hydrogens is 351 g/mol. The van der Waals surface area contributed by atoms with Crippen molar-refractivity contribution in [1.29, 1.82) is 0 Å². The molecule has 1 heterocycles. The number of halogens is 1. The molecular formula is C20H29FN2O4. The van der Waals surface area contributed by atoms with Crippen LogP contribution in [0.4, 0.5) is 4.39 Å². The number of hydrogen-bond acceptors (Lipinski definition) is 4. The van der Waals surface area contributed by atoms with Crippen LogP contribution in [0.15, 0.2) is 49.0 Å². The van der Waals surface area contributed by atoms with Gasteiger partial charge in [0.05, 0.1) is 13.2 Å². The van der Waals surface area contributed by atoms with Crippen LogP contribution >= 0.6 is 0 Å². The maximum absolute atomic E-state index is 12.8. The molecule has 1 aliphatic heterocycles. The molecule has 0 radical (unpaired) electrons. The van der Waals surface area contributed by atoms with Gasteiger partial charge in [-0.2, -0.15) is 0 Å². The molecule has 0 aromatic carbocycles. The Hall–Kier alpha value is -2.41. The minimum Gasteiger partial charge on any atom is -0.491 e. The van der Waals surface area contributed by atoms with Crippen LogP contribution < -0.4 is 5.32 Å². The second-order valence-corrected chi connectivity index (χ2v) is 6.29. The highest BCUT2D eigenvalue weighted by molar-refractivity contribution is 5.87. The molecule has 1 saturated heterocycles. The molecule has 6 nitrogen and oxygen atoms in total. The molecule has 1 aliphatic rings. The second kappa shape index (κ2) is 12.1. The lowest BCUT2D eigenvalue weighted by atomic mass is 9.96. The third-order valence-corrected chi connectivity index (χ3v) is 4.09. The number of amides is 2. The SMILES string of the molecule is C=CC(=O)N1CCC(C(=O)NCCOCCO/C(=C/C(=C)F)C(=C)C)CC1. The Labute approximate surface area is 160 Å². The normalized spacial score (nSPS) is 15.2. The molecule has 1 fully saturated rings. The Balaban J connectivity index is 2.14. The standard InChI is InChI=1S/C20H29FN2O4/c1-5-19(24)23-9-6-17(7-10-23)20(25)22-8-11-26-12-13-27-18(15(2)3)14-16(4)21/h5,14,17H,1-2,4,6-13H2,3H3,(H,22,25)/b18-14+. The van der Waals surface area contributed by atoms with Crippen LogP contribution in [0, 0.1) is 5.92 Å². The van der Waals surface area contributed by atoms with Gasteiger partial charge < -0.3 is 19.7 Å². The van der Waals surface area contributed by atoms with Crippen molar-refractivity contribution >= 4 is 11.8 Å². The van der Waals surface area contributed by atoms with Gasteiger partial charge in [-0.15, -0.1) is 0 Å². The van der Waals surface area contributed by atoms with E-state index in [1.807, 2.05) is 0 Å². The fourth-order valence-electron chi connectivity index (χ4n) is 2.62. The largest absolute Gasteiger partial charge is 0.491 e. The maximum atomic E-state index is 12.8. The van der Waals surface area contributed by atoms with Gasteiger partial charge in [-0.1, -0.05) is 19.7 Å². The van der Waals surface area contributed by atoms with Crippen LogP contribution in [-0.2, 0) is 19.1 Å². The lowest BCUT2D eigenvalue weighted by molar-refractivity contribution is -0.132. The smallest absolute Gasteiger partial charge is 0.245 e. The van der Waals surface area contributed by atoms with E-state index in [9.17, 15) is 14.0 Å². The number of piperidine rings is 1. The van der Waals surface area contributed by atoms with Gasteiger partial charge in [-0.05, 0) is 31.4 Å². The predicted octanol–water partition coefficient (Wildman–Crippen LogP) is 2.50. The van der Waals surface area contributed by atoms with Crippen molar-refractivity contribution in [2.45, 2.75) is 19.8 Å². The Kier molecular flexibility index (Phi) is 10.1. The summed E-state index contributed by atoms with van der Waals surface area (Å²) < 4.78 is 23.6. The molecule has 2 amide bonds. The summed E-state index contributed by atoms with van der Waals surface area (Å²) in [7, 11) is 0. The van der Waals surface area contributed by atoms with Gasteiger partial charge in [0.2, 0.25) is 11.8 Å². The van der Waals surface area contributed by atoms with Crippen LogP contribution in [0.2, 0.25) is 0 Å². The Morgan fingerprint density at radius 2 is 1.89 bits per heavy atom. The van der Waals surface area contributed by atoms with Gasteiger partial charge in [0.15, 0.2) is 0 Å². The summed E-state index contributed by atoms with van der Waals surface area (Å²) in [4.78, 5) is 25.3. The molecule has 0 aromatic heterocycles. The van der Waals surface area contributed by atoms with Gasteiger partial charge in [-0.3, -0.25) is 9.59 Å². The topological polar surface area (TPSA) is 67.9 Å². The van der Waals surface area contributed by atoms with E-state index in [1.165, 1.54) is 12.2 Å².